The number of carbonyl (C=O) groups excluding carboxylic acids is 5. The minimum absolute atomic E-state index is 0.173. The normalized spacial score (nSPS) is 12.9. The summed E-state index contributed by atoms with van der Waals surface area (Å²) in [6, 6.07) is 6.27. The van der Waals surface area contributed by atoms with Crippen LogP contribution < -0.4 is 0 Å². The van der Waals surface area contributed by atoms with E-state index in [9.17, 15) is 24.0 Å². The van der Waals surface area contributed by atoms with Crippen molar-refractivity contribution in [1.29, 1.82) is 0 Å². The molecule has 144 valence electrons. The highest BCUT2D eigenvalue weighted by Crippen LogP contribution is 2.22. The average Bonchev–Trinajstić information content (AvgIpc) is 3.08. The third kappa shape index (κ3) is 3.24. The van der Waals surface area contributed by atoms with Gasteiger partial charge in [-0.15, -0.1) is 0 Å². The van der Waals surface area contributed by atoms with Crippen LogP contribution in [0.4, 0.5) is 0 Å². The van der Waals surface area contributed by atoms with Crippen molar-refractivity contribution >= 4 is 29.4 Å². The summed E-state index contributed by atoms with van der Waals surface area (Å²) in [5.74, 6) is -2.72. The summed E-state index contributed by atoms with van der Waals surface area (Å²) in [4.78, 5) is 64.2. The first kappa shape index (κ1) is 19.2. The number of nitrogens with one attached hydrogen (secondary N) is 1. The van der Waals surface area contributed by atoms with Gasteiger partial charge in [0.25, 0.3) is 11.8 Å². The van der Waals surface area contributed by atoms with E-state index in [1.807, 2.05) is 0 Å². The van der Waals surface area contributed by atoms with Gasteiger partial charge in [0.2, 0.25) is 5.78 Å². The highest BCUT2D eigenvalue weighted by molar-refractivity contribution is 6.22. The van der Waals surface area contributed by atoms with E-state index in [2.05, 4.69) is 4.98 Å². The number of rotatable bonds is 6. The number of imide groups is 1. The summed E-state index contributed by atoms with van der Waals surface area (Å²) < 4.78 is 4.94. The number of hydrogen-bond acceptors (Lipinski definition) is 6. The Morgan fingerprint density at radius 2 is 1.61 bits per heavy atom. The van der Waals surface area contributed by atoms with Crippen LogP contribution in [0.15, 0.2) is 24.3 Å². The van der Waals surface area contributed by atoms with Gasteiger partial charge in [-0.05, 0) is 38.5 Å². The van der Waals surface area contributed by atoms with Crippen molar-refractivity contribution < 1.29 is 28.7 Å². The van der Waals surface area contributed by atoms with Gasteiger partial charge in [-0.2, -0.15) is 0 Å². The number of nitrogens with zero attached hydrogens (tertiary/aromatic N) is 1. The minimum Gasteiger partial charge on any atom is -0.456 e. The topological polar surface area (TPSA) is 114 Å². The van der Waals surface area contributed by atoms with Gasteiger partial charge >= 0.3 is 5.97 Å². The number of Topliss-reactive ketones (excluding diaryl/α,β-unsaturated/α-hetero) is 2. The highest BCUT2D eigenvalue weighted by Gasteiger charge is 2.36. The Bertz CT molecular complexity index is 998. The van der Waals surface area contributed by atoms with E-state index < -0.39 is 36.7 Å². The van der Waals surface area contributed by atoms with Crippen molar-refractivity contribution in [3.8, 4) is 0 Å². The average molecular weight is 382 g/mol. The molecule has 1 aliphatic heterocycles. The number of esters is 1. The van der Waals surface area contributed by atoms with Crippen LogP contribution in [0.2, 0.25) is 0 Å². The Hall–Kier alpha value is -3.55. The second-order valence-electron chi connectivity index (χ2n) is 6.51. The summed E-state index contributed by atoms with van der Waals surface area (Å²) in [5.41, 5.74) is 2.13. The van der Waals surface area contributed by atoms with Crippen molar-refractivity contribution in [1.82, 2.24) is 9.88 Å². The Morgan fingerprint density at radius 1 is 1.04 bits per heavy atom. The van der Waals surface area contributed by atoms with Gasteiger partial charge in [-0.25, -0.2) is 0 Å². The standard InChI is InChI=1S/C20H18N2O6/c1-10-17(12(3)23)11(2)21-18(10)15(24)9-28-16(25)8-22-19(26)13-6-4-5-7-14(13)20(22)27/h4-7,21H,8-9H2,1-3H3. The van der Waals surface area contributed by atoms with Crippen LogP contribution in [-0.4, -0.2) is 52.4 Å². The van der Waals surface area contributed by atoms with Crippen molar-refractivity contribution in [2.45, 2.75) is 20.8 Å². The second-order valence-corrected chi connectivity index (χ2v) is 6.51. The van der Waals surface area contributed by atoms with Crippen molar-refractivity contribution in [3.05, 3.63) is 57.9 Å². The number of ketones is 2. The molecule has 0 atom stereocenters. The molecule has 0 unspecified atom stereocenters. The SMILES string of the molecule is CC(=O)c1c(C)[nH]c(C(=O)COC(=O)CN2C(=O)c3ccccc3C2=O)c1C. The maximum atomic E-state index is 12.3. The van der Waals surface area contributed by atoms with Crippen LogP contribution in [0.3, 0.4) is 0 Å². The summed E-state index contributed by atoms with van der Waals surface area (Å²) in [5, 5.41) is 0. The number of benzene rings is 1. The molecule has 0 fully saturated rings. The summed E-state index contributed by atoms with van der Waals surface area (Å²) in [6.07, 6.45) is 0. The van der Waals surface area contributed by atoms with E-state index in [1.165, 1.54) is 19.1 Å². The van der Waals surface area contributed by atoms with Crippen LogP contribution in [0, 0.1) is 13.8 Å². The molecule has 28 heavy (non-hydrogen) atoms. The molecule has 3 rings (SSSR count). The molecule has 1 aromatic carbocycles. The van der Waals surface area contributed by atoms with Crippen LogP contribution in [-0.2, 0) is 9.53 Å². The Kier molecular flexibility index (Phi) is 4.96. The zero-order valence-corrected chi connectivity index (χ0v) is 15.6. The Labute approximate surface area is 160 Å². The fraction of sp³-hybridized carbons (Fsp3) is 0.250. The first-order chi connectivity index (χ1) is 13.2. The highest BCUT2D eigenvalue weighted by atomic mass is 16.5. The van der Waals surface area contributed by atoms with Crippen LogP contribution in [0.5, 0.6) is 0 Å². The molecule has 2 amide bonds. The van der Waals surface area contributed by atoms with E-state index in [1.54, 1.807) is 26.0 Å². The Balaban J connectivity index is 1.64. The van der Waals surface area contributed by atoms with Crippen molar-refractivity contribution in [2.75, 3.05) is 13.2 Å². The molecule has 1 aliphatic rings. The van der Waals surface area contributed by atoms with E-state index in [0.717, 1.165) is 4.90 Å². The van der Waals surface area contributed by atoms with E-state index in [-0.39, 0.29) is 22.6 Å². The maximum Gasteiger partial charge on any atom is 0.326 e. The zero-order chi connectivity index (χ0) is 20.6. The fourth-order valence-corrected chi connectivity index (χ4v) is 3.33. The van der Waals surface area contributed by atoms with Gasteiger partial charge in [0.1, 0.15) is 6.54 Å². The van der Waals surface area contributed by atoms with Crippen molar-refractivity contribution in [2.24, 2.45) is 0 Å². The summed E-state index contributed by atoms with van der Waals surface area (Å²) in [7, 11) is 0. The summed E-state index contributed by atoms with van der Waals surface area (Å²) >= 11 is 0. The van der Waals surface area contributed by atoms with E-state index in [4.69, 9.17) is 4.74 Å². The molecule has 0 aliphatic carbocycles. The number of ether oxygens (including phenoxy) is 1. The number of amides is 2. The van der Waals surface area contributed by atoms with Gasteiger partial charge in [0.15, 0.2) is 12.4 Å². The number of hydrogen-bond donors (Lipinski definition) is 1. The second kappa shape index (κ2) is 7.22. The fourth-order valence-electron chi connectivity index (χ4n) is 3.33. The Morgan fingerprint density at radius 3 is 2.11 bits per heavy atom. The number of aryl methyl sites for hydroxylation is 1. The zero-order valence-electron chi connectivity index (χ0n) is 15.6. The molecule has 0 saturated carbocycles. The van der Waals surface area contributed by atoms with Gasteiger partial charge in [-0.1, -0.05) is 12.1 Å². The molecule has 0 saturated heterocycles. The third-order valence-electron chi connectivity index (χ3n) is 4.60. The molecule has 8 nitrogen and oxygen atoms in total. The molecule has 0 spiro atoms. The monoisotopic (exact) mass is 382 g/mol. The lowest BCUT2D eigenvalue weighted by atomic mass is 10.1. The van der Waals surface area contributed by atoms with Gasteiger partial charge in [-0.3, -0.25) is 28.9 Å². The number of fused-ring (bicyclic) bond motifs is 1. The molecular formula is C20H18N2O6. The molecule has 2 aromatic rings. The van der Waals surface area contributed by atoms with E-state index in [0.29, 0.717) is 16.8 Å². The number of aromatic amines is 1. The molecular weight excluding hydrogens is 364 g/mol. The van der Waals surface area contributed by atoms with Crippen molar-refractivity contribution in [3.63, 3.8) is 0 Å². The van der Waals surface area contributed by atoms with Gasteiger partial charge < -0.3 is 9.72 Å². The number of aromatic nitrogens is 1. The van der Waals surface area contributed by atoms with Crippen LogP contribution in [0.25, 0.3) is 0 Å². The van der Waals surface area contributed by atoms with Gasteiger partial charge in [0, 0.05) is 11.3 Å². The molecule has 8 heteroatoms. The summed E-state index contributed by atoms with van der Waals surface area (Å²) in [6.45, 7) is 3.56. The minimum atomic E-state index is -0.879. The molecule has 0 radical (unpaired) electrons. The maximum absolute atomic E-state index is 12.3. The molecule has 0 bridgehead atoms. The smallest absolute Gasteiger partial charge is 0.326 e. The lowest BCUT2D eigenvalue weighted by Gasteiger charge is -2.12. The number of H-pyrrole nitrogens is 1. The molecule has 2 heterocycles. The van der Waals surface area contributed by atoms with Crippen LogP contribution >= 0.6 is 0 Å². The van der Waals surface area contributed by atoms with Crippen LogP contribution in [0.1, 0.15) is 59.7 Å². The predicted octanol–water partition coefficient (Wildman–Crippen LogP) is 1.86. The predicted molar refractivity (Wildman–Crippen MR) is 97.4 cm³/mol. The lowest BCUT2D eigenvalue weighted by molar-refractivity contribution is -0.142. The number of carbonyl (C=O) groups is 5. The largest absolute Gasteiger partial charge is 0.456 e. The quantitative estimate of drug-likeness (QED) is 0.463. The first-order valence-electron chi connectivity index (χ1n) is 8.56. The third-order valence-corrected chi connectivity index (χ3v) is 4.60. The molecule has 1 aromatic heterocycles. The van der Waals surface area contributed by atoms with Gasteiger partial charge in [0.05, 0.1) is 16.8 Å². The lowest BCUT2D eigenvalue weighted by Crippen LogP contribution is -2.36. The molecule has 1 N–H and O–H groups in total. The van der Waals surface area contributed by atoms with E-state index >= 15 is 0 Å². The first-order valence-corrected chi connectivity index (χ1v) is 8.56.